The third-order valence-electron chi connectivity index (χ3n) is 10.7. The van der Waals surface area contributed by atoms with Crippen LogP contribution in [-0.4, -0.2) is 15.0 Å². The first-order valence-corrected chi connectivity index (χ1v) is 18.3. The number of hydrogen-bond donors (Lipinski definition) is 0. The van der Waals surface area contributed by atoms with Gasteiger partial charge in [-0.05, 0) is 69.8 Å². The van der Waals surface area contributed by atoms with E-state index in [9.17, 15) is 0 Å². The second-order valence-corrected chi connectivity index (χ2v) is 13.9. The standard InChI is InChI=1S/C49H31N3O2/c1-2-10-30(11-3-1)32-18-21-33(22-19-32)47-50-48(36-23-20-31-12-4-5-13-34(31)28-36)52-49(51-47)46-37(25-27-44-45(46)39-15-7-9-17-42(39)54-44)35-24-26-43-40(29-35)38-14-6-8-16-41(38)53-43/h1-24,26,28-29H,25,27H2. The fourth-order valence-corrected chi connectivity index (χ4v) is 8.03. The molecule has 0 saturated heterocycles. The van der Waals surface area contributed by atoms with Gasteiger partial charge in [-0.3, -0.25) is 0 Å². The minimum atomic E-state index is 0.617. The van der Waals surface area contributed by atoms with Crippen molar-refractivity contribution >= 4 is 54.8 Å². The van der Waals surface area contributed by atoms with Crippen molar-refractivity contribution in [2.24, 2.45) is 0 Å². The SMILES string of the molecule is c1ccc(-c2ccc(-c3nc(C4=C(c5ccc6oc7ccccc7c6c5)CCc5oc6ccccc6c54)nc(-c4ccc5ccccc5c4)n3)cc2)cc1. The summed E-state index contributed by atoms with van der Waals surface area (Å²) < 4.78 is 12.8. The van der Waals surface area contributed by atoms with Crippen LogP contribution in [0.3, 0.4) is 0 Å². The number of benzene rings is 7. The van der Waals surface area contributed by atoms with E-state index in [4.69, 9.17) is 23.8 Å². The molecule has 0 atom stereocenters. The molecule has 1 aliphatic rings. The van der Waals surface area contributed by atoms with Gasteiger partial charge in [0.1, 0.15) is 22.5 Å². The molecule has 1 aliphatic carbocycles. The van der Waals surface area contributed by atoms with Crippen LogP contribution < -0.4 is 0 Å². The Bertz CT molecular complexity index is 3100. The molecule has 7 aromatic carbocycles. The number of rotatable bonds is 5. The maximum absolute atomic E-state index is 6.55. The minimum Gasteiger partial charge on any atom is -0.460 e. The number of furan rings is 2. The first-order chi connectivity index (χ1) is 26.7. The maximum Gasteiger partial charge on any atom is 0.165 e. The second kappa shape index (κ2) is 12.2. The van der Waals surface area contributed by atoms with Crippen LogP contribution in [0.15, 0.2) is 173 Å². The summed E-state index contributed by atoms with van der Waals surface area (Å²) in [6.07, 6.45) is 1.53. The molecular weight excluding hydrogens is 663 g/mol. The Labute approximate surface area is 310 Å². The molecule has 5 nitrogen and oxygen atoms in total. The van der Waals surface area contributed by atoms with Crippen molar-refractivity contribution < 1.29 is 8.83 Å². The molecule has 0 amide bonds. The van der Waals surface area contributed by atoms with Gasteiger partial charge in [0, 0.05) is 44.8 Å². The summed E-state index contributed by atoms with van der Waals surface area (Å²) in [5, 5.41) is 5.54. The highest BCUT2D eigenvalue weighted by atomic mass is 16.3. The topological polar surface area (TPSA) is 65.0 Å². The first-order valence-electron chi connectivity index (χ1n) is 18.3. The Balaban J connectivity index is 1.17. The molecule has 254 valence electrons. The van der Waals surface area contributed by atoms with Crippen LogP contribution >= 0.6 is 0 Å². The summed E-state index contributed by atoms with van der Waals surface area (Å²) in [7, 11) is 0. The van der Waals surface area contributed by atoms with Gasteiger partial charge in [0.25, 0.3) is 0 Å². The summed E-state index contributed by atoms with van der Waals surface area (Å²) in [5.41, 5.74) is 11.1. The van der Waals surface area contributed by atoms with Crippen molar-refractivity contribution in [3.63, 3.8) is 0 Å². The monoisotopic (exact) mass is 693 g/mol. The molecule has 0 radical (unpaired) electrons. The molecule has 10 aromatic rings. The molecule has 0 N–H and O–H groups in total. The quantitative estimate of drug-likeness (QED) is 0.179. The van der Waals surface area contributed by atoms with Gasteiger partial charge in [-0.1, -0.05) is 133 Å². The van der Waals surface area contributed by atoms with Crippen molar-refractivity contribution in [3.05, 3.63) is 187 Å². The van der Waals surface area contributed by atoms with Crippen molar-refractivity contribution in [3.8, 4) is 33.9 Å². The molecule has 0 bridgehead atoms. The number of allylic oxidation sites excluding steroid dienone is 1. The number of nitrogens with zero attached hydrogens (tertiary/aromatic N) is 3. The van der Waals surface area contributed by atoms with Gasteiger partial charge < -0.3 is 8.83 Å². The average Bonchev–Trinajstić information content (AvgIpc) is 3.81. The van der Waals surface area contributed by atoms with Crippen LogP contribution in [0.1, 0.15) is 29.1 Å². The highest BCUT2D eigenvalue weighted by Crippen LogP contribution is 2.46. The van der Waals surface area contributed by atoms with Crippen LogP contribution in [0.4, 0.5) is 0 Å². The molecular formula is C49H31N3O2. The third-order valence-corrected chi connectivity index (χ3v) is 10.7. The third kappa shape index (κ3) is 5.05. The van der Waals surface area contributed by atoms with Crippen molar-refractivity contribution in [2.45, 2.75) is 12.8 Å². The van der Waals surface area contributed by atoms with E-state index in [2.05, 4.69) is 133 Å². The highest BCUT2D eigenvalue weighted by molar-refractivity contribution is 6.10. The molecule has 3 heterocycles. The predicted molar refractivity (Wildman–Crippen MR) is 218 cm³/mol. The molecule has 0 unspecified atom stereocenters. The minimum absolute atomic E-state index is 0.617. The lowest BCUT2D eigenvalue weighted by molar-refractivity contribution is 0.547. The molecule has 3 aromatic heterocycles. The Kier molecular flexibility index (Phi) is 6.92. The molecule has 0 saturated carbocycles. The zero-order valence-electron chi connectivity index (χ0n) is 29.2. The van der Waals surface area contributed by atoms with E-state index in [0.29, 0.717) is 17.5 Å². The molecule has 0 spiro atoms. The molecule has 0 aliphatic heterocycles. The van der Waals surface area contributed by atoms with Crippen molar-refractivity contribution in [2.75, 3.05) is 0 Å². The zero-order valence-corrected chi connectivity index (χ0v) is 29.2. The highest BCUT2D eigenvalue weighted by Gasteiger charge is 2.30. The lowest BCUT2D eigenvalue weighted by atomic mass is 9.84. The number of fused-ring (bicyclic) bond motifs is 7. The maximum atomic E-state index is 6.55. The Hall–Kier alpha value is -7.11. The lowest BCUT2D eigenvalue weighted by Gasteiger charge is -2.21. The largest absolute Gasteiger partial charge is 0.460 e. The molecule has 11 rings (SSSR count). The van der Waals surface area contributed by atoms with Crippen LogP contribution in [0.2, 0.25) is 0 Å². The fraction of sp³-hybridized carbons (Fsp3) is 0.0408. The molecule has 5 heteroatoms. The van der Waals surface area contributed by atoms with E-state index >= 15 is 0 Å². The van der Waals surface area contributed by atoms with Gasteiger partial charge in [0.05, 0.1) is 0 Å². The van der Waals surface area contributed by atoms with E-state index in [1.165, 1.54) is 11.0 Å². The summed E-state index contributed by atoms with van der Waals surface area (Å²) in [5.74, 6) is 2.81. The Morgan fingerprint density at radius 3 is 1.80 bits per heavy atom. The smallest absolute Gasteiger partial charge is 0.165 e. The number of aromatic nitrogens is 3. The first kappa shape index (κ1) is 30.5. The zero-order chi connectivity index (χ0) is 35.6. The van der Waals surface area contributed by atoms with E-state index in [0.717, 1.165) is 95.8 Å². The van der Waals surface area contributed by atoms with Gasteiger partial charge >= 0.3 is 0 Å². The normalized spacial score (nSPS) is 13.0. The van der Waals surface area contributed by atoms with Gasteiger partial charge in [-0.15, -0.1) is 0 Å². The van der Waals surface area contributed by atoms with Gasteiger partial charge in [-0.25, -0.2) is 15.0 Å². The van der Waals surface area contributed by atoms with Crippen LogP contribution in [-0.2, 0) is 6.42 Å². The summed E-state index contributed by atoms with van der Waals surface area (Å²) in [6, 6.07) is 56.7. The van der Waals surface area contributed by atoms with Gasteiger partial charge in [0.2, 0.25) is 0 Å². The summed E-state index contributed by atoms with van der Waals surface area (Å²) in [4.78, 5) is 15.9. The Morgan fingerprint density at radius 2 is 0.963 bits per heavy atom. The average molecular weight is 694 g/mol. The number of aryl methyl sites for hydroxylation is 1. The van der Waals surface area contributed by atoms with Crippen LogP contribution in [0.25, 0.3) is 88.7 Å². The van der Waals surface area contributed by atoms with E-state index in [1.54, 1.807) is 0 Å². The van der Waals surface area contributed by atoms with E-state index in [1.807, 2.05) is 30.3 Å². The fourth-order valence-electron chi connectivity index (χ4n) is 8.03. The van der Waals surface area contributed by atoms with E-state index in [-0.39, 0.29) is 0 Å². The van der Waals surface area contributed by atoms with Crippen LogP contribution in [0, 0.1) is 0 Å². The molecule has 0 fully saturated rings. The van der Waals surface area contributed by atoms with Gasteiger partial charge in [0.15, 0.2) is 17.5 Å². The molecule has 54 heavy (non-hydrogen) atoms. The summed E-state index contributed by atoms with van der Waals surface area (Å²) in [6.45, 7) is 0. The summed E-state index contributed by atoms with van der Waals surface area (Å²) >= 11 is 0. The van der Waals surface area contributed by atoms with Crippen LogP contribution in [0.5, 0.6) is 0 Å². The number of para-hydroxylation sites is 2. The van der Waals surface area contributed by atoms with E-state index < -0.39 is 0 Å². The van der Waals surface area contributed by atoms with Gasteiger partial charge in [-0.2, -0.15) is 0 Å². The predicted octanol–water partition coefficient (Wildman–Crippen LogP) is 12.6. The Morgan fingerprint density at radius 1 is 0.370 bits per heavy atom. The number of hydrogen-bond acceptors (Lipinski definition) is 5. The lowest BCUT2D eigenvalue weighted by Crippen LogP contribution is -2.09. The second-order valence-electron chi connectivity index (χ2n) is 13.9. The van der Waals surface area contributed by atoms with Crippen molar-refractivity contribution in [1.82, 2.24) is 15.0 Å². The van der Waals surface area contributed by atoms with Crippen molar-refractivity contribution in [1.29, 1.82) is 0 Å².